The van der Waals surface area contributed by atoms with Gasteiger partial charge in [-0.1, -0.05) is 77.8 Å². The molecule has 3 aromatic carbocycles. The smallest absolute Gasteiger partial charge is 0.243 e. The summed E-state index contributed by atoms with van der Waals surface area (Å²) < 4.78 is 0. The molecule has 0 fully saturated rings. The minimum Gasteiger partial charge on any atom is -0.350 e. The van der Waals surface area contributed by atoms with E-state index in [4.69, 9.17) is 23.2 Å². The first-order valence-electron chi connectivity index (χ1n) is 11.9. The summed E-state index contributed by atoms with van der Waals surface area (Å²) >= 11 is 14.2. The molecule has 0 saturated carbocycles. The highest BCUT2D eigenvalue weighted by Crippen LogP contribution is 2.25. The molecule has 0 spiro atoms. The fourth-order valence-corrected chi connectivity index (χ4v) is 5.09. The highest BCUT2D eigenvalue weighted by molar-refractivity contribution is 7.99. The van der Waals surface area contributed by atoms with E-state index in [0.29, 0.717) is 28.6 Å². The Morgan fingerprint density at radius 3 is 2.19 bits per heavy atom. The minimum absolute atomic E-state index is 0.102. The van der Waals surface area contributed by atoms with E-state index in [-0.39, 0.29) is 18.4 Å². The zero-order valence-corrected chi connectivity index (χ0v) is 23.2. The lowest BCUT2D eigenvalue weighted by atomic mass is 10.0. The number of rotatable bonds is 10. The van der Waals surface area contributed by atoms with Gasteiger partial charge < -0.3 is 10.2 Å². The van der Waals surface area contributed by atoms with Crippen molar-refractivity contribution in [3.8, 4) is 0 Å². The summed E-state index contributed by atoms with van der Waals surface area (Å²) in [5.74, 6) is 0.307. The number of carbonyl (C=O) groups is 2. The van der Waals surface area contributed by atoms with Crippen molar-refractivity contribution in [2.24, 2.45) is 0 Å². The van der Waals surface area contributed by atoms with Crippen LogP contribution in [0.2, 0.25) is 10.0 Å². The third-order valence-corrected chi connectivity index (χ3v) is 7.05. The molecule has 0 saturated heterocycles. The van der Waals surface area contributed by atoms with Gasteiger partial charge in [-0.3, -0.25) is 9.59 Å². The van der Waals surface area contributed by atoms with E-state index in [9.17, 15) is 9.59 Å². The predicted octanol–water partition coefficient (Wildman–Crippen LogP) is 7.03. The quantitative estimate of drug-likeness (QED) is 0.279. The van der Waals surface area contributed by atoms with E-state index in [1.165, 1.54) is 0 Å². The maximum atomic E-state index is 13.7. The minimum atomic E-state index is -0.701. The molecule has 4 nitrogen and oxygen atoms in total. The number of amides is 2. The highest BCUT2D eigenvalue weighted by atomic mass is 35.5. The molecule has 0 aliphatic carbocycles. The van der Waals surface area contributed by atoms with Crippen LogP contribution in [0, 0.1) is 0 Å². The number of thioether (sulfide) groups is 1. The number of nitrogens with zero attached hydrogens (tertiary/aromatic N) is 1. The molecule has 0 heterocycles. The first-order valence-corrected chi connectivity index (χ1v) is 13.6. The summed E-state index contributed by atoms with van der Waals surface area (Å²) in [5, 5.41) is 4.06. The Labute approximate surface area is 228 Å². The Bertz CT molecular complexity index is 1150. The van der Waals surface area contributed by atoms with Crippen LogP contribution in [0.5, 0.6) is 0 Å². The van der Waals surface area contributed by atoms with Gasteiger partial charge in [-0.05, 0) is 56.2 Å². The summed E-state index contributed by atoms with van der Waals surface area (Å²) in [5.41, 5.74) is 1.28. The molecular formula is C29H32Cl2N2O2S. The molecular weight excluding hydrogens is 511 g/mol. The summed E-state index contributed by atoms with van der Waals surface area (Å²) in [4.78, 5) is 30.0. The normalized spacial score (nSPS) is 12.1. The predicted molar refractivity (Wildman–Crippen MR) is 151 cm³/mol. The second kappa shape index (κ2) is 13.2. The van der Waals surface area contributed by atoms with Gasteiger partial charge in [-0.2, -0.15) is 0 Å². The number of benzene rings is 3. The number of hydrogen-bond acceptors (Lipinski definition) is 3. The van der Waals surface area contributed by atoms with E-state index >= 15 is 0 Å². The van der Waals surface area contributed by atoms with Gasteiger partial charge in [0.25, 0.3) is 0 Å². The van der Waals surface area contributed by atoms with E-state index in [2.05, 4.69) is 5.32 Å². The fourth-order valence-electron chi connectivity index (χ4n) is 3.76. The Balaban J connectivity index is 1.90. The zero-order valence-electron chi connectivity index (χ0n) is 20.8. The summed E-state index contributed by atoms with van der Waals surface area (Å²) in [6.45, 7) is 6.01. The van der Waals surface area contributed by atoms with Gasteiger partial charge in [0.15, 0.2) is 0 Å². The zero-order chi connectivity index (χ0) is 26.1. The van der Waals surface area contributed by atoms with Crippen LogP contribution in [0.1, 0.15) is 38.3 Å². The van der Waals surface area contributed by atoms with Crippen molar-refractivity contribution in [1.29, 1.82) is 0 Å². The van der Waals surface area contributed by atoms with E-state index in [1.54, 1.807) is 28.8 Å². The molecule has 0 aliphatic heterocycles. The average molecular weight is 544 g/mol. The van der Waals surface area contributed by atoms with E-state index in [1.807, 2.05) is 87.5 Å². The summed E-state index contributed by atoms with van der Waals surface area (Å²) in [6.07, 6.45) is 0.685. The van der Waals surface area contributed by atoms with Gasteiger partial charge in [-0.25, -0.2) is 0 Å². The van der Waals surface area contributed by atoms with Crippen LogP contribution in [-0.2, 0) is 22.6 Å². The Morgan fingerprint density at radius 1 is 0.944 bits per heavy atom. The van der Waals surface area contributed by atoms with Crippen LogP contribution in [0.3, 0.4) is 0 Å². The molecule has 0 aliphatic rings. The molecule has 1 unspecified atom stereocenters. The molecule has 0 radical (unpaired) electrons. The van der Waals surface area contributed by atoms with Crippen molar-refractivity contribution < 1.29 is 9.59 Å². The number of carbonyl (C=O) groups excluding carboxylic acids is 2. The molecule has 1 atom stereocenters. The number of hydrogen-bond donors (Lipinski definition) is 1. The maximum absolute atomic E-state index is 13.7. The SMILES string of the molecule is CC(C)(C)NC(=O)C(Cc1ccccc1)N(Cc1ccc(Cl)cc1Cl)C(=O)CCSc1ccccc1. The third kappa shape index (κ3) is 8.88. The Kier molecular flexibility index (Phi) is 10.3. The summed E-state index contributed by atoms with van der Waals surface area (Å²) in [6, 6.07) is 24.2. The molecule has 3 rings (SSSR count). The van der Waals surface area contributed by atoms with E-state index in [0.717, 1.165) is 16.0 Å². The molecule has 1 N–H and O–H groups in total. The average Bonchev–Trinajstić information content (AvgIpc) is 2.82. The molecule has 36 heavy (non-hydrogen) atoms. The second-order valence-electron chi connectivity index (χ2n) is 9.61. The van der Waals surface area contributed by atoms with Gasteiger partial charge in [-0.15, -0.1) is 11.8 Å². The van der Waals surface area contributed by atoms with Crippen molar-refractivity contribution in [2.45, 2.75) is 56.6 Å². The maximum Gasteiger partial charge on any atom is 0.243 e. The standard InChI is InChI=1S/C29H32Cl2N2O2S/c1-29(2,3)32-28(35)26(18-21-10-6-4-7-11-21)33(20-22-14-15-23(30)19-25(22)31)27(34)16-17-36-24-12-8-5-9-13-24/h4-15,19,26H,16-18,20H2,1-3H3,(H,32,35). The van der Waals surface area contributed by atoms with Gasteiger partial charge >= 0.3 is 0 Å². The van der Waals surface area contributed by atoms with Crippen molar-refractivity contribution in [2.75, 3.05) is 5.75 Å². The van der Waals surface area contributed by atoms with Crippen LogP contribution >= 0.6 is 35.0 Å². The van der Waals surface area contributed by atoms with Crippen LogP contribution in [0.4, 0.5) is 0 Å². The van der Waals surface area contributed by atoms with Crippen molar-refractivity contribution >= 4 is 46.8 Å². The monoisotopic (exact) mass is 542 g/mol. The van der Waals surface area contributed by atoms with Gasteiger partial charge in [0.2, 0.25) is 11.8 Å². The molecule has 2 amide bonds. The lowest BCUT2D eigenvalue weighted by Crippen LogP contribution is -2.54. The third-order valence-electron chi connectivity index (χ3n) is 5.45. The van der Waals surface area contributed by atoms with Crippen LogP contribution < -0.4 is 5.32 Å². The van der Waals surface area contributed by atoms with Gasteiger partial charge in [0.05, 0.1) is 0 Å². The number of nitrogens with one attached hydrogen (secondary N) is 1. The Morgan fingerprint density at radius 2 is 1.58 bits per heavy atom. The highest BCUT2D eigenvalue weighted by Gasteiger charge is 2.32. The molecule has 3 aromatic rings. The second-order valence-corrected chi connectivity index (χ2v) is 11.6. The molecule has 0 bridgehead atoms. The van der Waals surface area contributed by atoms with Crippen molar-refractivity contribution in [3.05, 3.63) is 100 Å². The Hall–Kier alpha value is -2.47. The first-order chi connectivity index (χ1) is 17.1. The van der Waals surface area contributed by atoms with Gasteiger partial charge in [0, 0.05) is 45.6 Å². The van der Waals surface area contributed by atoms with Crippen molar-refractivity contribution in [3.63, 3.8) is 0 Å². The molecule has 190 valence electrons. The van der Waals surface area contributed by atoms with Crippen LogP contribution in [0.25, 0.3) is 0 Å². The van der Waals surface area contributed by atoms with Crippen molar-refractivity contribution in [1.82, 2.24) is 10.2 Å². The number of halogens is 2. The largest absolute Gasteiger partial charge is 0.350 e. The lowest BCUT2D eigenvalue weighted by molar-refractivity contribution is -0.141. The molecule has 0 aromatic heterocycles. The first kappa shape index (κ1) is 28.1. The topological polar surface area (TPSA) is 49.4 Å². The van der Waals surface area contributed by atoms with Gasteiger partial charge in [0.1, 0.15) is 6.04 Å². The fraction of sp³-hybridized carbons (Fsp3) is 0.310. The molecule has 7 heteroatoms. The van der Waals surface area contributed by atoms with Crippen LogP contribution in [-0.4, -0.2) is 34.0 Å². The van der Waals surface area contributed by atoms with E-state index < -0.39 is 11.6 Å². The van der Waals surface area contributed by atoms with Crippen LogP contribution in [0.15, 0.2) is 83.8 Å². The summed E-state index contributed by atoms with van der Waals surface area (Å²) in [7, 11) is 0. The lowest BCUT2D eigenvalue weighted by Gasteiger charge is -2.34.